The Balaban J connectivity index is 3.12. The summed E-state index contributed by atoms with van der Waals surface area (Å²) in [4.78, 5) is 22.5. The zero-order valence-corrected chi connectivity index (χ0v) is 13.6. The van der Waals surface area contributed by atoms with Gasteiger partial charge in [-0.1, -0.05) is 0 Å². The van der Waals surface area contributed by atoms with Gasteiger partial charge >= 0.3 is 12.1 Å². The van der Waals surface area contributed by atoms with Crippen LogP contribution in [0.4, 0.5) is 26.7 Å². The zero-order valence-electron chi connectivity index (χ0n) is 13.6. The average Bonchev–Trinajstić information content (AvgIpc) is 2.44. The fraction of sp³-hybridized carbons (Fsp3) is 0.467. The van der Waals surface area contributed by atoms with E-state index in [1.165, 1.54) is 20.8 Å². The molecule has 1 rings (SSSR count). The van der Waals surface area contributed by atoms with Gasteiger partial charge in [0.25, 0.3) is 0 Å². The van der Waals surface area contributed by atoms with Gasteiger partial charge in [0, 0.05) is 11.6 Å². The molecule has 140 valence electrons. The maximum atomic E-state index is 13.7. The van der Waals surface area contributed by atoms with Crippen LogP contribution in [0.1, 0.15) is 32.8 Å². The molecule has 2 N–H and O–H groups in total. The Morgan fingerprint density at radius 2 is 1.44 bits per heavy atom. The normalized spacial score (nSPS) is 12.6. The first kappa shape index (κ1) is 20.7. The van der Waals surface area contributed by atoms with Crippen molar-refractivity contribution in [2.24, 2.45) is 0 Å². The summed E-state index contributed by atoms with van der Waals surface area (Å²) in [5, 5.41) is 10.9. The van der Waals surface area contributed by atoms with Crippen molar-refractivity contribution in [3.8, 4) is 0 Å². The minimum absolute atomic E-state index is 0.821. The molecule has 0 aromatic heterocycles. The van der Waals surface area contributed by atoms with Gasteiger partial charge in [-0.3, -0.25) is 4.79 Å². The minimum atomic E-state index is -2.33. The molecule has 0 spiro atoms. The lowest BCUT2D eigenvalue weighted by atomic mass is 10.0. The molecule has 0 saturated heterocycles. The first-order chi connectivity index (χ1) is 11.3. The summed E-state index contributed by atoms with van der Waals surface area (Å²) < 4.78 is 71.7. The molecule has 0 aliphatic rings. The Hall–Kier alpha value is -2.39. The summed E-state index contributed by atoms with van der Waals surface area (Å²) in [6.45, 7) is 4.55. The van der Waals surface area contributed by atoms with E-state index in [4.69, 9.17) is 9.84 Å². The van der Waals surface area contributed by atoms with Crippen molar-refractivity contribution in [1.29, 1.82) is 0 Å². The van der Waals surface area contributed by atoms with Crippen LogP contribution >= 0.6 is 0 Å². The van der Waals surface area contributed by atoms with Crippen LogP contribution in [-0.4, -0.2) is 28.8 Å². The average molecular weight is 369 g/mol. The second kappa shape index (κ2) is 7.66. The molecular weight excluding hydrogens is 353 g/mol. The number of nitrogens with one attached hydrogen (secondary N) is 1. The summed E-state index contributed by atoms with van der Waals surface area (Å²) in [6, 6.07) is -1.46. The molecular formula is C15H16F5NO4. The van der Waals surface area contributed by atoms with Gasteiger partial charge in [-0.05, 0) is 27.2 Å². The minimum Gasteiger partial charge on any atom is -0.481 e. The van der Waals surface area contributed by atoms with Crippen LogP contribution in [0.2, 0.25) is 0 Å². The maximum absolute atomic E-state index is 13.7. The van der Waals surface area contributed by atoms with Gasteiger partial charge in [-0.2, -0.15) is 0 Å². The lowest BCUT2D eigenvalue weighted by Gasteiger charge is -2.23. The topological polar surface area (TPSA) is 75.6 Å². The molecule has 1 atom stereocenters. The van der Waals surface area contributed by atoms with Gasteiger partial charge in [0.15, 0.2) is 23.3 Å². The molecule has 1 amide bonds. The number of amides is 1. The number of rotatable bonds is 5. The Labute approximate surface area is 139 Å². The molecule has 1 aromatic carbocycles. The van der Waals surface area contributed by atoms with Gasteiger partial charge in [0.2, 0.25) is 5.82 Å². The first-order valence-electron chi connectivity index (χ1n) is 7.05. The Morgan fingerprint density at radius 3 is 1.84 bits per heavy atom. The van der Waals surface area contributed by atoms with E-state index in [1.54, 1.807) is 0 Å². The second-order valence-electron chi connectivity index (χ2n) is 6.19. The molecule has 0 saturated carbocycles. The highest BCUT2D eigenvalue weighted by atomic mass is 19.2. The van der Waals surface area contributed by atoms with E-state index in [-0.39, 0.29) is 0 Å². The van der Waals surface area contributed by atoms with Crippen molar-refractivity contribution < 1.29 is 41.4 Å². The second-order valence-corrected chi connectivity index (χ2v) is 6.19. The number of aliphatic carboxylic acids is 1. The SMILES string of the molecule is CC(C)(C)OC(=O)N[C@H](CC(=O)O)Cc1c(F)c(F)c(F)c(F)c1F. The highest BCUT2D eigenvalue weighted by Crippen LogP contribution is 2.24. The number of halogens is 5. The van der Waals surface area contributed by atoms with Gasteiger partial charge in [0.1, 0.15) is 5.60 Å². The highest BCUT2D eigenvalue weighted by Gasteiger charge is 2.29. The lowest BCUT2D eigenvalue weighted by molar-refractivity contribution is -0.137. The van der Waals surface area contributed by atoms with Crippen molar-refractivity contribution >= 4 is 12.1 Å². The predicted molar refractivity (Wildman–Crippen MR) is 75.3 cm³/mol. The molecule has 25 heavy (non-hydrogen) atoms. The largest absolute Gasteiger partial charge is 0.481 e. The monoisotopic (exact) mass is 369 g/mol. The van der Waals surface area contributed by atoms with E-state index < -0.39 is 71.2 Å². The fourth-order valence-electron chi connectivity index (χ4n) is 1.94. The van der Waals surface area contributed by atoms with E-state index >= 15 is 0 Å². The van der Waals surface area contributed by atoms with E-state index in [1.807, 2.05) is 5.32 Å². The van der Waals surface area contributed by atoms with Crippen molar-refractivity contribution in [3.63, 3.8) is 0 Å². The van der Waals surface area contributed by atoms with Crippen LogP contribution in [0, 0.1) is 29.1 Å². The predicted octanol–water partition coefficient (Wildman–Crippen LogP) is 3.29. The third-order valence-electron chi connectivity index (χ3n) is 2.89. The third-order valence-corrected chi connectivity index (χ3v) is 2.89. The first-order valence-corrected chi connectivity index (χ1v) is 7.05. The summed E-state index contributed by atoms with van der Waals surface area (Å²) >= 11 is 0. The van der Waals surface area contributed by atoms with Crippen LogP contribution < -0.4 is 5.32 Å². The molecule has 0 radical (unpaired) electrons. The fourth-order valence-corrected chi connectivity index (χ4v) is 1.94. The molecule has 0 heterocycles. The number of carboxylic acid groups (broad SMARTS) is 1. The van der Waals surface area contributed by atoms with E-state index in [0.29, 0.717) is 0 Å². The molecule has 10 heteroatoms. The zero-order chi connectivity index (χ0) is 19.5. The molecule has 0 bridgehead atoms. The Kier molecular flexibility index (Phi) is 6.33. The van der Waals surface area contributed by atoms with E-state index in [2.05, 4.69) is 0 Å². The summed E-state index contributed by atoms with van der Waals surface area (Å²) in [5.74, 6) is -12.3. The van der Waals surface area contributed by atoms with Crippen LogP contribution in [0.3, 0.4) is 0 Å². The lowest BCUT2D eigenvalue weighted by Crippen LogP contribution is -2.41. The highest BCUT2D eigenvalue weighted by molar-refractivity contribution is 5.71. The summed E-state index contributed by atoms with van der Waals surface area (Å²) in [5.41, 5.74) is -2.17. The summed E-state index contributed by atoms with van der Waals surface area (Å²) in [7, 11) is 0. The van der Waals surface area contributed by atoms with Crippen LogP contribution in [-0.2, 0) is 16.0 Å². The quantitative estimate of drug-likeness (QED) is 0.474. The number of carboxylic acids is 1. The number of hydrogen-bond donors (Lipinski definition) is 2. The van der Waals surface area contributed by atoms with Crippen molar-refractivity contribution in [2.75, 3.05) is 0 Å². The van der Waals surface area contributed by atoms with Crippen LogP contribution in [0.25, 0.3) is 0 Å². The standard InChI is InChI=1S/C15H16F5NO4/c1-15(2,3)25-14(24)21-6(5-8(22)23)4-7-9(16)11(18)13(20)12(19)10(7)17/h6H,4-5H2,1-3H3,(H,21,24)(H,22,23)/t6-/m0/s1. The molecule has 0 aliphatic heterocycles. The molecule has 1 aromatic rings. The van der Waals surface area contributed by atoms with Crippen molar-refractivity contribution in [2.45, 2.75) is 45.3 Å². The number of alkyl carbamates (subject to hydrolysis) is 1. The molecule has 0 fully saturated rings. The van der Waals surface area contributed by atoms with Gasteiger partial charge in [0.05, 0.1) is 6.42 Å². The molecule has 0 aliphatic carbocycles. The third kappa shape index (κ3) is 5.57. The van der Waals surface area contributed by atoms with Gasteiger partial charge in [-0.25, -0.2) is 26.7 Å². The van der Waals surface area contributed by atoms with Crippen LogP contribution in [0.15, 0.2) is 0 Å². The van der Waals surface area contributed by atoms with Gasteiger partial charge in [-0.15, -0.1) is 0 Å². The number of carbonyl (C=O) groups excluding carboxylic acids is 1. The smallest absolute Gasteiger partial charge is 0.407 e. The number of carbonyl (C=O) groups is 2. The molecule has 5 nitrogen and oxygen atoms in total. The Bertz CT molecular complexity index is 658. The van der Waals surface area contributed by atoms with Gasteiger partial charge < -0.3 is 15.2 Å². The number of hydrogen-bond acceptors (Lipinski definition) is 3. The Morgan fingerprint density at radius 1 is 1.00 bits per heavy atom. The summed E-state index contributed by atoms with van der Waals surface area (Å²) in [6.07, 6.45) is -2.85. The van der Waals surface area contributed by atoms with Crippen LogP contribution in [0.5, 0.6) is 0 Å². The van der Waals surface area contributed by atoms with Crippen molar-refractivity contribution in [3.05, 3.63) is 34.6 Å². The van der Waals surface area contributed by atoms with E-state index in [0.717, 1.165) is 0 Å². The maximum Gasteiger partial charge on any atom is 0.407 e. The molecule has 0 unspecified atom stereocenters. The van der Waals surface area contributed by atoms with Crippen molar-refractivity contribution in [1.82, 2.24) is 5.32 Å². The van der Waals surface area contributed by atoms with E-state index in [9.17, 15) is 31.5 Å². The number of ether oxygens (including phenoxy) is 1. The number of benzene rings is 1.